The molecule has 1 heterocycles. The summed E-state index contributed by atoms with van der Waals surface area (Å²) >= 11 is 0. The molecule has 1 aromatic carbocycles. The molecule has 0 bridgehead atoms. The molecule has 0 spiro atoms. The van der Waals surface area contributed by atoms with Crippen LogP contribution in [-0.4, -0.2) is 52.5 Å². The number of hydrogen-bond donors (Lipinski definition) is 1. The third-order valence-electron chi connectivity index (χ3n) is 4.61. The van der Waals surface area contributed by atoms with Gasteiger partial charge >= 0.3 is 5.97 Å². The fraction of sp³-hybridized carbons (Fsp3) is 0.579. The summed E-state index contributed by atoms with van der Waals surface area (Å²) in [6, 6.07) is 7.14. The minimum atomic E-state index is -0.918. The quantitative estimate of drug-likeness (QED) is 0.870. The Balaban J connectivity index is 1.98. The van der Waals surface area contributed by atoms with E-state index in [0.717, 1.165) is 31.5 Å². The molecule has 0 atom stereocenters. The molecule has 24 heavy (non-hydrogen) atoms. The van der Waals surface area contributed by atoms with Crippen LogP contribution in [0.25, 0.3) is 0 Å². The van der Waals surface area contributed by atoms with Crippen LogP contribution in [0, 0.1) is 0 Å². The molecule has 5 nitrogen and oxygen atoms in total. The first-order chi connectivity index (χ1) is 11.5. The van der Waals surface area contributed by atoms with Crippen LogP contribution in [-0.2, 0) is 11.3 Å². The van der Waals surface area contributed by atoms with Gasteiger partial charge in [0.05, 0.1) is 12.1 Å². The first kappa shape index (κ1) is 18.5. The molecule has 1 aliphatic rings. The highest BCUT2D eigenvalue weighted by molar-refractivity contribution is 5.87. The smallest absolute Gasteiger partial charge is 0.335 e. The van der Waals surface area contributed by atoms with E-state index in [0.29, 0.717) is 13.1 Å². The van der Waals surface area contributed by atoms with Crippen molar-refractivity contribution in [2.24, 2.45) is 0 Å². The van der Waals surface area contributed by atoms with Crippen LogP contribution >= 0.6 is 0 Å². The lowest BCUT2D eigenvalue weighted by Crippen LogP contribution is -2.43. The predicted octanol–water partition coefficient (Wildman–Crippen LogP) is 3.00. The lowest BCUT2D eigenvalue weighted by Gasteiger charge is -2.29. The number of benzene rings is 1. The second-order valence-corrected chi connectivity index (χ2v) is 6.80. The molecule has 0 aliphatic carbocycles. The van der Waals surface area contributed by atoms with Gasteiger partial charge in [-0.15, -0.1) is 0 Å². The predicted molar refractivity (Wildman–Crippen MR) is 94.0 cm³/mol. The van der Waals surface area contributed by atoms with E-state index in [1.165, 1.54) is 12.8 Å². The molecule has 132 valence electrons. The maximum Gasteiger partial charge on any atom is 0.335 e. The average molecular weight is 332 g/mol. The van der Waals surface area contributed by atoms with Gasteiger partial charge in [-0.25, -0.2) is 4.79 Å². The van der Waals surface area contributed by atoms with Gasteiger partial charge in [0.15, 0.2) is 0 Å². The summed E-state index contributed by atoms with van der Waals surface area (Å²) < 4.78 is 0. The highest BCUT2D eigenvalue weighted by atomic mass is 16.4. The zero-order chi connectivity index (χ0) is 17.5. The normalized spacial score (nSPS) is 15.6. The van der Waals surface area contributed by atoms with E-state index >= 15 is 0 Å². The molecule has 5 heteroatoms. The summed E-state index contributed by atoms with van der Waals surface area (Å²) in [7, 11) is 0. The molecular formula is C19H28N2O3. The molecule has 2 rings (SSSR count). The number of nitrogens with zero attached hydrogens (tertiary/aromatic N) is 2. The summed E-state index contributed by atoms with van der Waals surface area (Å²) in [4.78, 5) is 27.7. The number of carboxylic acid groups (broad SMARTS) is 1. The molecule has 1 fully saturated rings. The number of carboxylic acids is 1. The summed E-state index contributed by atoms with van der Waals surface area (Å²) in [5.41, 5.74) is 1.31. The van der Waals surface area contributed by atoms with Gasteiger partial charge in [0.2, 0.25) is 5.91 Å². The zero-order valence-corrected chi connectivity index (χ0v) is 14.7. The summed E-state index contributed by atoms with van der Waals surface area (Å²) in [6.07, 6.45) is 4.63. The van der Waals surface area contributed by atoms with Crippen LogP contribution in [0.15, 0.2) is 24.3 Å². The SMILES string of the molecule is CC(C)N(CC(=O)N1CCCCCC1)Cc1ccc(C(=O)O)cc1. The van der Waals surface area contributed by atoms with Crippen LogP contribution in [0.3, 0.4) is 0 Å². The fourth-order valence-corrected chi connectivity index (χ4v) is 3.00. The van der Waals surface area contributed by atoms with E-state index in [-0.39, 0.29) is 17.5 Å². The van der Waals surface area contributed by atoms with Crippen LogP contribution in [0.4, 0.5) is 0 Å². The van der Waals surface area contributed by atoms with Crippen LogP contribution in [0.2, 0.25) is 0 Å². The average Bonchev–Trinajstić information content (AvgIpc) is 2.84. The standard InChI is InChI=1S/C19H28N2O3/c1-15(2)21(13-16-7-9-17(10-8-16)19(23)24)14-18(22)20-11-5-3-4-6-12-20/h7-10,15H,3-6,11-14H2,1-2H3,(H,23,24). The second kappa shape index (κ2) is 8.83. The number of hydrogen-bond acceptors (Lipinski definition) is 3. The van der Waals surface area contributed by atoms with Crippen LogP contribution < -0.4 is 0 Å². The van der Waals surface area contributed by atoms with Gasteiger partial charge in [-0.1, -0.05) is 25.0 Å². The Morgan fingerprint density at radius 2 is 1.67 bits per heavy atom. The molecule has 0 aromatic heterocycles. The Morgan fingerprint density at radius 3 is 2.17 bits per heavy atom. The monoisotopic (exact) mass is 332 g/mol. The third-order valence-corrected chi connectivity index (χ3v) is 4.61. The molecule has 0 saturated carbocycles. The zero-order valence-electron chi connectivity index (χ0n) is 14.7. The fourth-order valence-electron chi connectivity index (χ4n) is 3.00. The highest BCUT2D eigenvalue weighted by Crippen LogP contribution is 2.13. The first-order valence-corrected chi connectivity index (χ1v) is 8.81. The van der Waals surface area contributed by atoms with E-state index in [1.807, 2.05) is 17.0 Å². The molecule has 1 saturated heterocycles. The van der Waals surface area contributed by atoms with Crippen molar-refractivity contribution < 1.29 is 14.7 Å². The number of likely N-dealkylation sites (tertiary alicyclic amines) is 1. The van der Waals surface area contributed by atoms with Gasteiger partial charge in [0.25, 0.3) is 0 Å². The summed E-state index contributed by atoms with van der Waals surface area (Å²) in [6.45, 7) is 6.98. The van der Waals surface area contributed by atoms with E-state index < -0.39 is 5.97 Å². The molecule has 1 aromatic rings. The van der Waals surface area contributed by atoms with Gasteiger partial charge in [0.1, 0.15) is 0 Å². The first-order valence-electron chi connectivity index (χ1n) is 8.81. The van der Waals surface area contributed by atoms with Crippen molar-refractivity contribution in [2.75, 3.05) is 19.6 Å². The van der Waals surface area contributed by atoms with Crippen molar-refractivity contribution in [1.29, 1.82) is 0 Å². The molecule has 1 N–H and O–H groups in total. The number of rotatable bonds is 6. The van der Waals surface area contributed by atoms with Crippen LogP contribution in [0.5, 0.6) is 0 Å². The van der Waals surface area contributed by atoms with Crippen LogP contribution in [0.1, 0.15) is 55.5 Å². The number of amides is 1. The largest absolute Gasteiger partial charge is 0.478 e. The Kier molecular flexibility index (Phi) is 6.79. The maximum absolute atomic E-state index is 12.6. The lowest BCUT2D eigenvalue weighted by atomic mass is 10.1. The Bertz CT molecular complexity index is 546. The molecule has 1 amide bonds. The minimum Gasteiger partial charge on any atom is -0.478 e. The molecule has 1 aliphatic heterocycles. The van der Waals surface area contributed by atoms with Gasteiger partial charge in [-0.05, 0) is 44.4 Å². The van der Waals surface area contributed by atoms with Crippen molar-refractivity contribution in [2.45, 2.75) is 52.1 Å². The lowest BCUT2D eigenvalue weighted by molar-refractivity contribution is -0.133. The van der Waals surface area contributed by atoms with Crippen molar-refractivity contribution in [1.82, 2.24) is 9.80 Å². The topological polar surface area (TPSA) is 60.9 Å². The van der Waals surface area contributed by atoms with E-state index in [9.17, 15) is 9.59 Å². The number of carbonyl (C=O) groups excluding carboxylic acids is 1. The van der Waals surface area contributed by atoms with Crippen molar-refractivity contribution >= 4 is 11.9 Å². The molecule has 0 radical (unpaired) electrons. The van der Waals surface area contributed by atoms with Crippen molar-refractivity contribution in [3.63, 3.8) is 0 Å². The Labute approximate surface area is 144 Å². The summed E-state index contributed by atoms with van der Waals surface area (Å²) in [5.74, 6) is -0.716. The van der Waals surface area contributed by atoms with Gasteiger partial charge < -0.3 is 10.0 Å². The Hall–Kier alpha value is -1.88. The van der Waals surface area contributed by atoms with Crippen molar-refractivity contribution in [3.8, 4) is 0 Å². The van der Waals surface area contributed by atoms with Gasteiger partial charge in [0, 0.05) is 25.7 Å². The van der Waals surface area contributed by atoms with Gasteiger partial charge in [-0.3, -0.25) is 9.69 Å². The minimum absolute atomic E-state index is 0.202. The molecular weight excluding hydrogens is 304 g/mol. The maximum atomic E-state index is 12.6. The number of carbonyl (C=O) groups is 2. The molecule has 0 unspecified atom stereocenters. The second-order valence-electron chi connectivity index (χ2n) is 6.80. The Morgan fingerprint density at radius 1 is 1.08 bits per heavy atom. The van der Waals surface area contributed by atoms with Gasteiger partial charge in [-0.2, -0.15) is 0 Å². The summed E-state index contributed by atoms with van der Waals surface area (Å²) in [5, 5.41) is 8.97. The van der Waals surface area contributed by atoms with E-state index in [1.54, 1.807) is 12.1 Å². The highest BCUT2D eigenvalue weighted by Gasteiger charge is 2.20. The van der Waals surface area contributed by atoms with Crippen molar-refractivity contribution in [3.05, 3.63) is 35.4 Å². The third kappa shape index (κ3) is 5.34. The van der Waals surface area contributed by atoms with E-state index in [4.69, 9.17) is 5.11 Å². The van der Waals surface area contributed by atoms with E-state index in [2.05, 4.69) is 18.7 Å². The number of aromatic carboxylic acids is 1.